The number of rotatable bonds is 5. The van der Waals surface area contributed by atoms with Gasteiger partial charge in [0, 0.05) is 36.9 Å². The summed E-state index contributed by atoms with van der Waals surface area (Å²) < 4.78 is 2.26. The van der Waals surface area contributed by atoms with E-state index in [1.807, 2.05) is 6.20 Å². The van der Waals surface area contributed by atoms with Gasteiger partial charge in [0.05, 0.1) is 0 Å². The summed E-state index contributed by atoms with van der Waals surface area (Å²) in [5, 5.41) is 3.45. The van der Waals surface area contributed by atoms with Crippen LogP contribution < -0.4 is 5.32 Å². The van der Waals surface area contributed by atoms with E-state index in [1.54, 1.807) is 0 Å². The number of imidazole rings is 1. The lowest BCUT2D eigenvalue weighted by molar-refractivity contribution is 0.447. The average Bonchev–Trinajstić information content (AvgIpc) is 2.62. The van der Waals surface area contributed by atoms with Gasteiger partial charge >= 0.3 is 0 Å². The molecule has 3 heteroatoms. The topological polar surface area (TPSA) is 29.9 Å². The first-order valence-electron chi connectivity index (χ1n) is 5.78. The lowest BCUT2D eigenvalue weighted by Gasteiger charge is -2.19. The van der Waals surface area contributed by atoms with Crippen LogP contribution in [0.1, 0.15) is 52.4 Å². The summed E-state index contributed by atoms with van der Waals surface area (Å²) in [6.45, 7) is 11.9. The fourth-order valence-corrected chi connectivity index (χ4v) is 1.65. The van der Waals surface area contributed by atoms with Gasteiger partial charge in [-0.1, -0.05) is 27.7 Å². The van der Waals surface area contributed by atoms with Crippen LogP contribution in [0.2, 0.25) is 0 Å². The van der Waals surface area contributed by atoms with Gasteiger partial charge in [-0.25, -0.2) is 4.98 Å². The van der Waals surface area contributed by atoms with Crippen molar-refractivity contribution in [2.75, 3.05) is 6.54 Å². The zero-order valence-corrected chi connectivity index (χ0v) is 10.5. The Balaban J connectivity index is 2.64. The molecule has 86 valence electrons. The van der Waals surface area contributed by atoms with Gasteiger partial charge in [0.1, 0.15) is 5.82 Å². The molecule has 0 spiro atoms. The van der Waals surface area contributed by atoms with Crippen molar-refractivity contribution in [1.82, 2.24) is 14.9 Å². The Bertz CT molecular complexity index is 289. The standard InChI is InChI=1S/C12H23N3/c1-9(2)12-13-6-7-15(12)11(5)8-14-10(3)4/h6-7,9-11,14H,8H2,1-5H3. The summed E-state index contributed by atoms with van der Waals surface area (Å²) in [4.78, 5) is 4.40. The first-order valence-corrected chi connectivity index (χ1v) is 5.78. The summed E-state index contributed by atoms with van der Waals surface area (Å²) >= 11 is 0. The molecule has 0 aliphatic rings. The predicted octanol–water partition coefficient (Wildman–Crippen LogP) is 2.57. The summed E-state index contributed by atoms with van der Waals surface area (Å²) in [6.07, 6.45) is 3.96. The van der Waals surface area contributed by atoms with Gasteiger partial charge in [-0.15, -0.1) is 0 Å². The average molecular weight is 209 g/mol. The van der Waals surface area contributed by atoms with Crippen molar-refractivity contribution in [2.45, 2.75) is 52.6 Å². The van der Waals surface area contributed by atoms with E-state index in [0.717, 1.165) is 6.54 Å². The van der Waals surface area contributed by atoms with E-state index in [4.69, 9.17) is 0 Å². The van der Waals surface area contributed by atoms with E-state index in [2.05, 4.69) is 55.7 Å². The van der Waals surface area contributed by atoms with Crippen LogP contribution in [-0.2, 0) is 0 Å². The normalized spacial score (nSPS) is 13.8. The van der Waals surface area contributed by atoms with Crippen LogP contribution in [0.15, 0.2) is 12.4 Å². The second-order valence-corrected chi connectivity index (χ2v) is 4.76. The molecule has 1 unspecified atom stereocenters. The van der Waals surface area contributed by atoms with Gasteiger partial charge in [0.25, 0.3) is 0 Å². The Morgan fingerprint density at radius 3 is 2.47 bits per heavy atom. The largest absolute Gasteiger partial charge is 0.331 e. The lowest BCUT2D eigenvalue weighted by Crippen LogP contribution is -2.29. The lowest BCUT2D eigenvalue weighted by atomic mass is 10.2. The Hall–Kier alpha value is -0.830. The highest BCUT2D eigenvalue weighted by Crippen LogP contribution is 2.16. The molecule has 0 aromatic carbocycles. The molecule has 1 aromatic rings. The van der Waals surface area contributed by atoms with Crippen molar-refractivity contribution in [2.24, 2.45) is 0 Å². The van der Waals surface area contributed by atoms with Crippen molar-refractivity contribution in [3.05, 3.63) is 18.2 Å². The molecule has 1 heterocycles. The summed E-state index contributed by atoms with van der Waals surface area (Å²) in [5.41, 5.74) is 0. The Morgan fingerprint density at radius 2 is 1.93 bits per heavy atom. The molecule has 0 radical (unpaired) electrons. The Morgan fingerprint density at radius 1 is 1.27 bits per heavy atom. The van der Waals surface area contributed by atoms with Crippen LogP contribution in [0.3, 0.4) is 0 Å². The molecule has 0 saturated carbocycles. The minimum atomic E-state index is 0.465. The third-order valence-electron chi connectivity index (χ3n) is 2.51. The van der Waals surface area contributed by atoms with Crippen molar-refractivity contribution >= 4 is 0 Å². The fraction of sp³-hybridized carbons (Fsp3) is 0.750. The van der Waals surface area contributed by atoms with E-state index in [9.17, 15) is 0 Å². The summed E-state index contributed by atoms with van der Waals surface area (Å²) in [5.74, 6) is 1.66. The number of aromatic nitrogens is 2. The van der Waals surface area contributed by atoms with Crippen LogP contribution in [0, 0.1) is 0 Å². The SMILES string of the molecule is CC(C)NCC(C)n1ccnc1C(C)C. The van der Waals surface area contributed by atoms with E-state index in [1.165, 1.54) is 5.82 Å². The third-order valence-corrected chi connectivity index (χ3v) is 2.51. The van der Waals surface area contributed by atoms with Crippen molar-refractivity contribution in [3.63, 3.8) is 0 Å². The second kappa shape index (κ2) is 5.31. The zero-order valence-electron chi connectivity index (χ0n) is 10.5. The molecule has 0 saturated heterocycles. The number of hydrogen-bond acceptors (Lipinski definition) is 2. The van der Waals surface area contributed by atoms with E-state index in [0.29, 0.717) is 18.0 Å². The molecule has 3 nitrogen and oxygen atoms in total. The van der Waals surface area contributed by atoms with Crippen LogP contribution >= 0.6 is 0 Å². The number of hydrogen-bond donors (Lipinski definition) is 1. The predicted molar refractivity (Wildman–Crippen MR) is 64.2 cm³/mol. The molecule has 0 bridgehead atoms. The monoisotopic (exact) mass is 209 g/mol. The first-order chi connectivity index (χ1) is 7.02. The quantitative estimate of drug-likeness (QED) is 0.807. The van der Waals surface area contributed by atoms with Crippen LogP contribution in [0.5, 0.6) is 0 Å². The third kappa shape index (κ3) is 3.34. The van der Waals surface area contributed by atoms with Crippen LogP contribution in [0.25, 0.3) is 0 Å². The van der Waals surface area contributed by atoms with Crippen molar-refractivity contribution < 1.29 is 0 Å². The Labute approximate surface area is 92.9 Å². The zero-order chi connectivity index (χ0) is 11.4. The smallest absolute Gasteiger partial charge is 0.111 e. The van der Waals surface area contributed by atoms with Crippen LogP contribution in [0.4, 0.5) is 0 Å². The van der Waals surface area contributed by atoms with Gasteiger partial charge in [-0.3, -0.25) is 0 Å². The fourth-order valence-electron chi connectivity index (χ4n) is 1.65. The maximum absolute atomic E-state index is 4.40. The highest BCUT2D eigenvalue weighted by molar-refractivity contribution is 4.99. The molecule has 0 fully saturated rings. The second-order valence-electron chi connectivity index (χ2n) is 4.76. The Kier molecular flexibility index (Phi) is 4.33. The molecule has 1 atom stereocenters. The van der Waals surface area contributed by atoms with E-state index in [-0.39, 0.29) is 0 Å². The highest BCUT2D eigenvalue weighted by atomic mass is 15.1. The first kappa shape index (κ1) is 12.2. The van der Waals surface area contributed by atoms with Crippen molar-refractivity contribution in [1.29, 1.82) is 0 Å². The molecule has 0 aliphatic heterocycles. The van der Waals surface area contributed by atoms with Crippen molar-refractivity contribution in [3.8, 4) is 0 Å². The maximum atomic E-state index is 4.40. The molecule has 1 aromatic heterocycles. The maximum Gasteiger partial charge on any atom is 0.111 e. The molecule has 15 heavy (non-hydrogen) atoms. The molecular weight excluding hydrogens is 186 g/mol. The number of nitrogens with one attached hydrogen (secondary N) is 1. The molecular formula is C12H23N3. The van der Waals surface area contributed by atoms with E-state index >= 15 is 0 Å². The van der Waals surface area contributed by atoms with E-state index < -0.39 is 0 Å². The van der Waals surface area contributed by atoms with Gasteiger partial charge in [-0.05, 0) is 6.92 Å². The number of nitrogens with zero attached hydrogens (tertiary/aromatic N) is 2. The molecule has 1 rings (SSSR count). The minimum absolute atomic E-state index is 0.465. The van der Waals surface area contributed by atoms with Gasteiger partial charge in [0.15, 0.2) is 0 Å². The molecule has 0 aliphatic carbocycles. The van der Waals surface area contributed by atoms with Crippen LogP contribution in [-0.4, -0.2) is 22.1 Å². The minimum Gasteiger partial charge on any atom is -0.331 e. The summed E-state index contributed by atoms with van der Waals surface area (Å²) in [7, 11) is 0. The summed E-state index contributed by atoms with van der Waals surface area (Å²) in [6, 6.07) is 1.01. The molecule has 1 N–H and O–H groups in total. The van der Waals surface area contributed by atoms with Gasteiger partial charge in [0.2, 0.25) is 0 Å². The highest BCUT2D eigenvalue weighted by Gasteiger charge is 2.12. The molecule has 0 amide bonds. The van der Waals surface area contributed by atoms with Gasteiger partial charge in [-0.2, -0.15) is 0 Å². The van der Waals surface area contributed by atoms with Gasteiger partial charge < -0.3 is 9.88 Å².